The summed E-state index contributed by atoms with van der Waals surface area (Å²) in [6, 6.07) is 7.58. The second-order valence-electron chi connectivity index (χ2n) is 7.13. The van der Waals surface area contributed by atoms with Crippen LogP contribution >= 0.6 is 11.6 Å². The lowest BCUT2D eigenvalue weighted by atomic mass is 10.2. The number of nitrogens with one attached hydrogen (secondary N) is 4. The molecule has 0 unspecified atom stereocenters. The van der Waals surface area contributed by atoms with E-state index in [1.807, 2.05) is 26.0 Å². The van der Waals surface area contributed by atoms with Crippen LogP contribution in [0.5, 0.6) is 0 Å². The van der Waals surface area contributed by atoms with Crippen LogP contribution in [0.15, 0.2) is 24.3 Å². The molecule has 3 amide bonds. The first-order chi connectivity index (χ1) is 11.9. The van der Waals surface area contributed by atoms with Gasteiger partial charge >= 0.3 is 6.03 Å². The second kappa shape index (κ2) is 9.75. The summed E-state index contributed by atoms with van der Waals surface area (Å²) >= 11 is 5.92. The Labute approximate surface area is 154 Å². The molecule has 1 fully saturated rings. The summed E-state index contributed by atoms with van der Waals surface area (Å²) in [6.45, 7) is 9.83. The van der Waals surface area contributed by atoms with Crippen molar-refractivity contribution >= 4 is 23.5 Å². The van der Waals surface area contributed by atoms with Crippen molar-refractivity contribution in [1.82, 2.24) is 10.6 Å². The monoisotopic (exact) mass is 368 g/mol. The molecule has 1 aromatic carbocycles. The smallest absolute Gasteiger partial charge is 0.321 e. The molecule has 25 heavy (non-hydrogen) atoms. The normalized spacial score (nSPS) is 20.3. The van der Waals surface area contributed by atoms with Gasteiger partial charge in [-0.25, -0.2) is 4.79 Å². The number of amides is 3. The molecule has 138 valence electrons. The number of carbonyl (C=O) groups is 2. The maximum absolute atomic E-state index is 12.0. The number of hydrogen-bond acceptors (Lipinski definition) is 2. The summed E-state index contributed by atoms with van der Waals surface area (Å²) < 4.78 is 0. The highest BCUT2D eigenvalue weighted by Crippen LogP contribution is 2.08. The molecule has 4 N–H and O–H groups in total. The second-order valence-corrected chi connectivity index (χ2v) is 7.57. The Hall–Kier alpha value is -1.63. The third-order valence-electron chi connectivity index (χ3n) is 4.37. The summed E-state index contributed by atoms with van der Waals surface area (Å²) in [5.74, 6) is 0.153. The van der Waals surface area contributed by atoms with E-state index in [2.05, 4.69) is 22.8 Å². The van der Waals surface area contributed by atoms with Gasteiger partial charge in [0, 0.05) is 17.1 Å². The average molecular weight is 369 g/mol. The number of imide groups is 1. The van der Waals surface area contributed by atoms with Gasteiger partial charge in [0.25, 0.3) is 5.91 Å². The summed E-state index contributed by atoms with van der Waals surface area (Å²) in [5, 5.41) is 5.87. The van der Waals surface area contributed by atoms with Gasteiger partial charge in [-0.05, 0) is 18.1 Å². The number of carbonyl (C=O) groups excluding carboxylic acids is 2. The first kappa shape index (κ1) is 19.7. The van der Waals surface area contributed by atoms with Crippen molar-refractivity contribution in [3.63, 3.8) is 0 Å². The van der Waals surface area contributed by atoms with E-state index in [0.29, 0.717) is 19.0 Å². The minimum absolute atomic E-state index is 0.211. The molecule has 6 nitrogen and oxygen atoms in total. The summed E-state index contributed by atoms with van der Waals surface area (Å²) in [6.07, 6.45) is 0. The Morgan fingerprint density at radius 2 is 1.68 bits per heavy atom. The number of hydrogen-bond donors (Lipinski definition) is 4. The quantitative estimate of drug-likeness (QED) is 0.526. The van der Waals surface area contributed by atoms with Gasteiger partial charge in [-0.15, -0.1) is 0 Å². The summed E-state index contributed by atoms with van der Waals surface area (Å²) in [4.78, 5) is 26.3. The Morgan fingerprint density at radius 1 is 1.08 bits per heavy atom. The van der Waals surface area contributed by atoms with E-state index in [1.165, 1.54) is 15.4 Å². The third kappa shape index (κ3) is 7.42. The van der Waals surface area contributed by atoms with Gasteiger partial charge in [0.05, 0.1) is 0 Å². The number of halogens is 1. The minimum Gasteiger partial charge on any atom is -0.338 e. The lowest BCUT2D eigenvalue weighted by molar-refractivity contribution is -1.02. The first-order valence-corrected chi connectivity index (χ1v) is 9.29. The highest BCUT2D eigenvalue weighted by atomic mass is 35.5. The first-order valence-electron chi connectivity index (χ1n) is 8.91. The van der Waals surface area contributed by atoms with E-state index in [0.717, 1.165) is 37.7 Å². The van der Waals surface area contributed by atoms with Gasteiger partial charge in [-0.1, -0.05) is 37.6 Å². The number of urea groups is 1. The van der Waals surface area contributed by atoms with Crippen molar-refractivity contribution in [1.29, 1.82) is 0 Å². The predicted octanol–water partition coefficient (Wildman–Crippen LogP) is -0.895. The van der Waals surface area contributed by atoms with Gasteiger partial charge in [0.2, 0.25) is 0 Å². The van der Waals surface area contributed by atoms with Crippen LogP contribution in [0.2, 0.25) is 5.02 Å². The van der Waals surface area contributed by atoms with Crippen LogP contribution < -0.4 is 20.4 Å². The molecular weight excluding hydrogens is 340 g/mol. The molecule has 0 aliphatic carbocycles. The van der Waals surface area contributed by atoms with Crippen LogP contribution in [0.25, 0.3) is 0 Å². The van der Waals surface area contributed by atoms with Crippen molar-refractivity contribution in [2.45, 2.75) is 20.4 Å². The molecule has 1 saturated heterocycles. The van der Waals surface area contributed by atoms with E-state index in [1.54, 1.807) is 0 Å². The SMILES string of the molecule is CC(C)CNC(=O)NC(=O)C[NH+]1CC[NH+](Cc2ccc(Cl)cc2)CC1. The topological polar surface area (TPSA) is 67.1 Å². The Balaban J connectivity index is 1.66. The number of rotatable bonds is 6. The maximum atomic E-state index is 12.0. The van der Waals surface area contributed by atoms with Gasteiger partial charge < -0.3 is 15.1 Å². The molecule has 0 bridgehead atoms. The zero-order valence-corrected chi connectivity index (χ0v) is 15.8. The van der Waals surface area contributed by atoms with Gasteiger partial charge in [-0.2, -0.15) is 0 Å². The fourth-order valence-electron chi connectivity index (χ4n) is 2.94. The van der Waals surface area contributed by atoms with Crippen LogP contribution in [0, 0.1) is 5.92 Å². The van der Waals surface area contributed by atoms with Gasteiger partial charge in [0.1, 0.15) is 32.7 Å². The maximum Gasteiger partial charge on any atom is 0.321 e. The van der Waals surface area contributed by atoms with E-state index in [9.17, 15) is 9.59 Å². The molecule has 1 heterocycles. The predicted molar refractivity (Wildman–Crippen MR) is 97.8 cm³/mol. The lowest BCUT2D eigenvalue weighted by Gasteiger charge is -2.29. The van der Waals surface area contributed by atoms with Crippen molar-refractivity contribution in [2.24, 2.45) is 5.92 Å². The molecule has 2 rings (SSSR count). The number of benzene rings is 1. The van der Waals surface area contributed by atoms with Crippen molar-refractivity contribution < 1.29 is 19.4 Å². The highest BCUT2D eigenvalue weighted by Gasteiger charge is 2.25. The van der Waals surface area contributed by atoms with Crippen LogP contribution in [0.3, 0.4) is 0 Å². The molecular formula is C18H29ClN4O2+2. The molecule has 7 heteroatoms. The van der Waals surface area contributed by atoms with Crippen molar-refractivity contribution in [2.75, 3.05) is 39.3 Å². The molecule has 0 spiro atoms. The summed E-state index contributed by atoms with van der Waals surface area (Å²) in [7, 11) is 0. The molecule has 0 atom stereocenters. The minimum atomic E-state index is -0.398. The number of piperazine rings is 1. The van der Waals surface area contributed by atoms with E-state index in [-0.39, 0.29) is 5.91 Å². The van der Waals surface area contributed by atoms with E-state index < -0.39 is 6.03 Å². The largest absolute Gasteiger partial charge is 0.338 e. The molecule has 1 aliphatic heterocycles. The number of quaternary nitrogens is 2. The Bertz CT molecular complexity index is 569. The molecule has 0 saturated carbocycles. The van der Waals surface area contributed by atoms with Crippen molar-refractivity contribution in [3.05, 3.63) is 34.9 Å². The fraction of sp³-hybridized carbons (Fsp3) is 0.556. The molecule has 1 aromatic rings. The third-order valence-corrected chi connectivity index (χ3v) is 4.62. The summed E-state index contributed by atoms with van der Waals surface area (Å²) in [5.41, 5.74) is 1.28. The van der Waals surface area contributed by atoms with Gasteiger partial charge in [-0.3, -0.25) is 10.1 Å². The van der Waals surface area contributed by atoms with Crippen LogP contribution in [0.4, 0.5) is 4.79 Å². The standard InChI is InChI=1S/C18H27ClN4O2/c1-14(2)11-20-18(25)21-17(24)13-23-9-7-22(8-10-23)12-15-3-5-16(19)6-4-15/h3-6,14H,7-13H2,1-2H3,(H2,20,21,24,25)/p+2. The lowest BCUT2D eigenvalue weighted by Crippen LogP contribution is -3.28. The van der Waals surface area contributed by atoms with Gasteiger partial charge in [0.15, 0.2) is 6.54 Å². The van der Waals surface area contributed by atoms with Crippen LogP contribution in [0.1, 0.15) is 19.4 Å². The molecule has 1 aliphatic rings. The Morgan fingerprint density at radius 3 is 2.28 bits per heavy atom. The molecule has 0 aromatic heterocycles. The highest BCUT2D eigenvalue weighted by molar-refractivity contribution is 6.30. The van der Waals surface area contributed by atoms with E-state index in [4.69, 9.17) is 11.6 Å². The Kier molecular flexibility index (Phi) is 7.68. The fourth-order valence-corrected chi connectivity index (χ4v) is 3.07. The van der Waals surface area contributed by atoms with Crippen LogP contribution in [-0.4, -0.2) is 51.2 Å². The van der Waals surface area contributed by atoms with E-state index >= 15 is 0 Å². The molecule has 0 radical (unpaired) electrons. The van der Waals surface area contributed by atoms with Crippen molar-refractivity contribution in [3.8, 4) is 0 Å². The zero-order chi connectivity index (χ0) is 18.2. The zero-order valence-electron chi connectivity index (χ0n) is 15.0. The van der Waals surface area contributed by atoms with Crippen LogP contribution in [-0.2, 0) is 11.3 Å². The average Bonchev–Trinajstić information content (AvgIpc) is 2.57.